The molecular formula is C15H18ClN3O4. The van der Waals surface area contributed by atoms with Gasteiger partial charge < -0.3 is 10.2 Å². The normalized spacial score (nSPS) is 20.9. The molecule has 0 bridgehead atoms. The lowest BCUT2D eigenvalue weighted by Crippen LogP contribution is -2.47. The highest BCUT2D eigenvalue weighted by atomic mass is 35.5. The number of likely N-dealkylation sites (tertiary alicyclic amines) is 1. The third-order valence-corrected chi connectivity index (χ3v) is 4.07. The highest BCUT2D eigenvalue weighted by Crippen LogP contribution is 2.27. The van der Waals surface area contributed by atoms with Crippen LogP contribution in [0.3, 0.4) is 0 Å². The lowest BCUT2D eigenvalue weighted by molar-refractivity contribution is -0.384. The zero-order valence-electron chi connectivity index (χ0n) is 12.9. The van der Waals surface area contributed by atoms with Crippen molar-refractivity contribution in [3.05, 3.63) is 33.3 Å². The van der Waals surface area contributed by atoms with Gasteiger partial charge in [0.1, 0.15) is 5.02 Å². The van der Waals surface area contributed by atoms with E-state index in [-0.39, 0.29) is 16.4 Å². The molecule has 0 saturated carbocycles. The average Bonchev–Trinajstić information content (AvgIpc) is 2.47. The van der Waals surface area contributed by atoms with Gasteiger partial charge in [0.2, 0.25) is 0 Å². The van der Waals surface area contributed by atoms with Crippen molar-refractivity contribution in [2.45, 2.75) is 20.3 Å². The predicted molar refractivity (Wildman–Crippen MR) is 86.3 cm³/mol. The molecule has 1 aromatic carbocycles. The first-order chi connectivity index (χ1) is 10.8. The van der Waals surface area contributed by atoms with Gasteiger partial charge in [-0.15, -0.1) is 0 Å². The van der Waals surface area contributed by atoms with Crippen LogP contribution in [0.15, 0.2) is 18.2 Å². The van der Waals surface area contributed by atoms with Gasteiger partial charge in [-0.3, -0.25) is 19.7 Å². The Morgan fingerprint density at radius 3 is 2.48 bits per heavy atom. The van der Waals surface area contributed by atoms with Gasteiger partial charge in [0.05, 0.1) is 4.92 Å². The lowest BCUT2D eigenvalue weighted by Gasteiger charge is -2.34. The molecule has 7 nitrogen and oxygen atoms in total. The molecule has 23 heavy (non-hydrogen) atoms. The first-order valence-electron chi connectivity index (χ1n) is 7.32. The van der Waals surface area contributed by atoms with Crippen molar-refractivity contribution in [2.75, 3.05) is 18.4 Å². The summed E-state index contributed by atoms with van der Waals surface area (Å²) in [5, 5.41) is 13.2. The van der Waals surface area contributed by atoms with E-state index in [1.807, 2.05) is 13.8 Å². The first kappa shape index (κ1) is 17.2. The number of nitro groups is 1. The fourth-order valence-corrected chi connectivity index (χ4v) is 3.07. The summed E-state index contributed by atoms with van der Waals surface area (Å²) in [7, 11) is 0. The second kappa shape index (κ2) is 6.95. The van der Waals surface area contributed by atoms with Crippen LogP contribution in [0.5, 0.6) is 0 Å². The van der Waals surface area contributed by atoms with Crippen LogP contribution in [-0.4, -0.2) is 34.7 Å². The Hall–Kier alpha value is -2.15. The van der Waals surface area contributed by atoms with Crippen LogP contribution in [0.1, 0.15) is 20.3 Å². The number of nitrogens with zero attached hydrogens (tertiary/aromatic N) is 2. The van der Waals surface area contributed by atoms with Crippen LogP contribution >= 0.6 is 11.6 Å². The number of amides is 2. The Balaban J connectivity index is 2.08. The Bertz CT molecular complexity index is 640. The van der Waals surface area contributed by atoms with E-state index in [1.54, 1.807) is 0 Å². The van der Waals surface area contributed by atoms with E-state index in [4.69, 9.17) is 11.6 Å². The Morgan fingerprint density at radius 2 is 1.91 bits per heavy atom. The molecule has 0 spiro atoms. The maximum Gasteiger partial charge on any atom is 0.313 e. The number of piperidine rings is 1. The monoisotopic (exact) mass is 339 g/mol. The van der Waals surface area contributed by atoms with Gasteiger partial charge in [0.15, 0.2) is 0 Å². The number of anilines is 1. The summed E-state index contributed by atoms with van der Waals surface area (Å²) >= 11 is 5.71. The van der Waals surface area contributed by atoms with E-state index in [1.165, 1.54) is 17.0 Å². The van der Waals surface area contributed by atoms with Crippen molar-refractivity contribution in [1.29, 1.82) is 0 Å². The summed E-state index contributed by atoms with van der Waals surface area (Å²) in [6.45, 7) is 5.15. The summed E-state index contributed by atoms with van der Waals surface area (Å²) in [5.41, 5.74) is -0.158. The molecule has 1 aliphatic heterocycles. The highest BCUT2D eigenvalue weighted by molar-refractivity contribution is 6.39. The number of carbonyl (C=O) groups excluding carboxylic acids is 2. The van der Waals surface area contributed by atoms with Crippen LogP contribution in [0.2, 0.25) is 5.02 Å². The minimum Gasteiger partial charge on any atom is -0.334 e. The molecule has 1 saturated heterocycles. The van der Waals surface area contributed by atoms with E-state index >= 15 is 0 Å². The first-order valence-corrected chi connectivity index (χ1v) is 7.70. The van der Waals surface area contributed by atoms with Crippen molar-refractivity contribution < 1.29 is 14.5 Å². The number of rotatable bonds is 2. The second-order valence-electron chi connectivity index (χ2n) is 6.03. The number of nitrogens with one attached hydrogen (secondary N) is 1. The smallest absolute Gasteiger partial charge is 0.313 e. The summed E-state index contributed by atoms with van der Waals surface area (Å²) in [6.07, 6.45) is 1.02. The van der Waals surface area contributed by atoms with Crippen LogP contribution < -0.4 is 5.32 Å². The molecule has 2 atom stereocenters. The van der Waals surface area contributed by atoms with Gasteiger partial charge in [0, 0.05) is 24.8 Å². The largest absolute Gasteiger partial charge is 0.334 e. The van der Waals surface area contributed by atoms with Crippen LogP contribution in [-0.2, 0) is 9.59 Å². The summed E-state index contributed by atoms with van der Waals surface area (Å²) in [4.78, 5) is 36.0. The van der Waals surface area contributed by atoms with Gasteiger partial charge in [0.25, 0.3) is 5.69 Å². The average molecular weight is 340 g/mol. The van der Waals surface area contributed by atoms with Crippen LogP contribution in [0.25, 0.3) is 0 Å². The van der Waals surface area contributed by atoms with Crippen LogP contribution in [0.4, 0.5) is 11.4 Å². The molecule has 0 radical (unpaired) electrons. The topological polar surface area (TPSA) is 92.6 Å². The van der Waals surface area contributed by atoms with E-state index in [0.717, 1.165) is 12.5 Å². The molecule has 1 aliphatic rings. The molecule has 1 aromatic rings. The molecule has 1 fully saturated rings. The lowest BCUT2D eigenvalue weighted by atomic mass is 9.92. The van der Waals surface area contributed by atoms with Gasteiger partial charge >= 0.3 is 11.8 Å². The number of benzene rings is 1. The number of hydrogen-bond donors (Lipinski definition) is 1. The molecule has 0 aromatic heterocycles. The molecule has 8 heteroatoms. The quantitative estimate of drug-likeness (QED) is 0.509. The molecule has 2 amide bonds. The van der Waals surface area contributed by atoms with Gasteiger partial charge in [-0.05, 0) is 30.4 Å². The number of halogens is 1. The summed E-state index contributed by atoms with van der Waals surface area (Å²) in [6, 6.07) is 3.86. The van der Waals surface area contributed by atoms with Gasteiger partial charge in [-0.25, -0.2) is 0 Å². The molecular weight excluding hydrogens is 322 g/mol. The van der Waals surface area contributed by atoms with Gasteiger partial charge in [-0.1, -0.05) is 25.4 Å². The van der Waals surface area contributed by atoms with Crippen molar-refractivity contribution in [3.8, 4) is 0 Å². The van der Waals surface area contributed by atoms with E-state index in [0.29, 0.717) is 24.9 Å². The minimum absolute atomic E-state index is 0.0296. The van der Waals surface area contributed by atoms with Gasteiger partial charge in [-0.2, -0.15) is 0 Å². The van der Waals surface area contributed by atoms with E-state index in [2.05, 4.69) is 5.32 Å². The third kappa shape index (κ3) is 4.19. The molecule has 1 heterocycles. The molecule has 124 valence electrons. The molecule has 1 N–H and O–H groups in total. The maximum atomic E-state index is 12.2. The second-order valence-corrected chi connectivity index (χ2v) is 6.44. The van der Waals surface area contributed by atoms with Crippen molar-refractivity contribution in [3.63, 3.8) is 0 Å². The van der Waals surface area contributed by atoms with Crippen LogP contribution in [0, 0.1) is 22.0 Å². The fraction of sp³-hybridized carbons (Fsp3) is 0.467. The zero-order valence-corrected chi connectivity index (χ0v) is 13.7. The summed E-state index contributed by atoms with van der Waals surface area (Å²) < 4.78 is 0. The van der Waals surface area contributed by atoms with E-state index in [9.17, 15) is 19.7 Å². The van der Waals surface area contributed by atoms with Crippen molar-refractivity contribution in [1.82, 2.24) is 4.90 Å². The Kier molecular flexibility index (Phi) is 5.20. The minimum atomic E-state index is -0.803. The number of carbonyl (C=O) groups is 2. The predicted octanol–water partition coefficient (Wildman–Crippen LogP) is 2.69. The zero-order chi connectivity index (χ0) is 17.1. The molecule has 0 aliphatic carbocycles. The Morgan fingerprint density at radius 1 is 1.30 bits per heavy atom. The molecule has 2 unspecified atom stereocenters. The summed E-state index contributed by atoms with van der Waals surface area (Å²) in [5.74, 6) is -0.747. The van der Waals surface area contributed by atoms with Crippen molar-refractivity contribution in [2.24, 2.45) is 11.8 Å². The van der Waals surface area contributed by atoms with E-state index < -0.39 is 16.7 Å². The Labute approximate surface area is 138 Å². The fourth-order valence-electron chi connectivity index (χ4n) is 2.89. The number of nitro benzene ring substituents is 1. The SMILES string of the molecule is CC1CC(C)CN(C(=O)C(=O)Nc2ccc(Cl)c([N+](=O)[O-])c2)C1. The standard InChI is InChI=1S/C15H18ClN3O4/c1-9-5-10(2)8-18(7-9)15(21)14(20)17-11-3-4-12(16)13(6-11)19(22)23/h3-4,6,9-10H,5,7-8H2,1-2H3,(H,17,20). The highest BCUT2D eigenvalue weighted by Gasteiger charge is 2.29. The maximum absolute atomic E-state index is 12.2. The molecule has 2 rings (SSSR count). The van der Waals surface area contributed by atoms with Crippen molar-refractivity contribution >= 4 is 34.8 Å². The third-order valence-electron chi connectivity index (χ3n) is 3.75. The number of hydrogen-bond acceptors (Lipinski definition) is 4.